The molecule has 1 aromatic rings. The molecular formula is C15H16Cl3F3N2O2. The number of benzene rings is 1. The quantitative estimate of drug-likeness (QED) is 0.607. The summed E-state index contributed by atoms with van der Waals surface area (Å²) in [5.74, 6) is -3.11. The Kier molecular flexibility index (Phi) is 7.40. The van der Waals surface area contributed by atoms with E-state index in [0.29, 0.717) is 0 Å². The van der Waals surface area contributed by atoms with Gasteiger partial charge >= 0.3 is 6.18 Å². The highest BCUT2D eigenvalue weighted by Crippen LogP contribution is 2.30. The molecule has 2 amide bonds. The highest BCUT2D eigenvalue weighted by atomic mass is 35.5. The monoisotopic (exact) mass is 418 g/mol. The zero-order valence-corrected chi connectivity index (χ0v) is 15.6. The third-order valence-electron chi connectivity index (χ3n) is 3.05. The molecule has 0 spiro atoms. The normalized spacial score (nSPS) is 13.3. The minimum atomic E-state index is -4.47. The molecule has 0 bridgehead atoms. The van der Waals surface area contributed by atoms with Crippen molar-refractivity contribution in [2.75, 3.05) is 10.6 Å². The van der Waals surface area contributed by atoms with Gasteiger partial charge in [0.25, 0.3) is 0 Å². The Balaban J connectivity index is 2.78. The lowest BCUT2D eigenvalue weighted by Crippen LogP contribution is -2.25. The van der Waals surface area contributed by atoms with E-state index in [9.17, 15) is 22.8 Å². The standard InChI is InChI=1S/C15H16Cl3F3N2O2/c1-8(15(19,20)21)5-12(24)23-11-6-9(3-4-10(11)16)22-13(25)7-14(2,17)18/h3-4,6,8H,5,7H2,1-2H3,(H,22,25)(H,23,24). The largest absolute Gasteiger partial charge is 0.392 e. The number of alkyl halides is 5. The maximum absolute atomic E-state index is 12.5. The average Bonchev–Trinajstić information content (AvgIpc) is 2.39. The smallest absolute Gasteiger partial charge is 0.326 e. The molecule has 140 valence electrons. The minimum absolute atomic E-state index is 0.0818. The fourth-order valence-electron chi connectivity index (χ4n) is 1.78. The van der Waals surface area contributed by atoms with E-state index >= 15 is 0 Å². The second kappa shape index (κ2) is 8.47. The molecule has 1 aromatic carbocycles. The number of anilines is 2. The molecule has 1 unspecified atom stereocenters. The van der Waals surface area contributed by atoms with E-state index < -0.39 is 34.7 Å². The molecule has 0 aliphatic heterocycles. The van der Waals surface area contributed by atoms with Crippen LogP contribution in [-0.2, 0) is 9.59 Å². The second-order valence-corrected chi connectivity index (χ2v) is 7.95. The number of carbonyl (C=O) groups is 2. The Labute approximate surface area is 158 Å². The van der Waals surface area contributed by atoms with Gasteiger partial charge in [0.15, 0.2) is 0 Å². The van der Waals surface area contributed by atoms with Crippen molar-refractivity contribution in [1.29, 1.82) is 0 Å². The molecule has 0 aliphatic carbocycles. The molecule has 0 aliphatic rings. The Bertz CT molecular complexity index is 646. The van der Waals surface area contributed by atoms with Crippen LogP contribution in [0.2, 0.25) is 5.02 Å². The van der Waals surface area contributed by atoms with Crippen LogP contribution in [0.25, 0.3) is 0 Å². The summed E-state index contributed by atoms with van der Waals surface area (Å²) in [6.07, 6.45) is -5.39. The summed E-state index contributed by atoms with van der Waals surface area (Å²) in [6, 6.07) is 4.19. The van der Waals surface area contributed by atoms with Crippen LogP contribution in [0.15, 0.2) is 18.2 Å². The first-order valence-corrected chi connectivity index (χ1v) is 8.25. The van der Waals surface area contributed by atoms with Crippen molar-refractivity contribution in [1.82, 2.24) is 0 Å². The van der Waals surface area contributed by atoms with E-state index in [2.05, 4.69) is 10.6 Å². The van der Waals surface area contributed by atoms with Crippen molar-refractivity contribution in [2.45, 2.75) is 37.2 Å². The molecule has 1 atom stereocenters. The van der Waals surface area contributed by atoms with Crippen LogP contribution in [-0.4, -0.2) is 22.3 Å². The van der Waals surface area contributed by atoms with Crippen LogP contribution < -0.4 is 10.6 Å². The van der Waals surface area contributed by atoms with Crippen molar-refractivity contribution in [3.05, 3.63) is 23.2 Å². The van der Waals surface area contributed by atoms with Crippen LogP contribution in [0.1, 0.15) is 26.7 Å². The number of carbonyl (C=O) groups excluding carboxylic acids is 2. The van der Waals surface area contributed by atoms with Crippen LogP contribution in [0.4, 0.5) is 24.5 Å². The molecule has 2 N–H and O–H groups in total. The van der Waals surface area contributed by atoms with Gasteiger partial charge in [-0.25, -0.2) is 0 Å². The lowest BCUT2D eigenvalue weighted by molar-refractivity contribution is -0.173. The molecule has 4 nitrogen and oxygen atoms in total. The molecule has 25 heavy (non-hydrogen) atoms. The maximum Gasteiger partial charge on any atom is 0.392 e. The number of nitrogens with one attached hydrogen (secondary N) is 2. The Morgan fingerprint density at radius 2 is 1.76 bits per heavy atom. The highest BCUT2D eigenvalue weighted by Gasteiger charge is 2.37. The van der Waals surface area contributed by atoms with Gasteiger partial charge in [-0.3, -0.25) is 9.59 Å². The van der Waals surface area contributed by atoms with Crippen LogP contribution in [0.3, 0.4) is 0 Å². The number of hydrogen-bond acceptors (Lipinski definition) is 2. The lowest BCUT2D eigenvalue weighted by atomic mass is 10.1. The lowest BCUT2D eigenvalue weighted by Gasteiger charge is -2.16. The van der Waals surface area contributed by atoms with E-state index in [-0.39, 0.29) is 22.8 Å². The highest BCUT2D eigenvalue weighted by molar-refractivity contribution is 6.49. The predicted molar refractivity (Wildman–Crippen MR) is 93.3 cm³/mol. The topological polar surface area (TPSA) is 58.2 Å². The maximum atomic E-state index is 12.5. The van der Waals surface area contributed by atoms with Crippen molar-refractivity contribution >= 4 is 58.0 Å². The van der Waals surface area contributed by atoms with Gasteiger partial charge in [0.2, 0.25) is 11.8 Å². The van der Waals surface area contributed by atoms with Gasteiger partial charge in [-0.2, -0.15) is 13.2 Å². The van der Waals surface area contributed by atoms with Crippen LogP contribution in [0.5, 0.6) is 0 Å². The van der Waals surface area contributed by atoms with Crippen LogP contribution in [0, 0.1) is 5.92 Å². The fourth-order valence-corrected chi connectivity index (χ4v) is 2.19. The first-order chi connectivity index (χ1) is 11.3. The summed E-state index contributed by atoms with van der Waals surface area (Å²) >= 11 is 17.4. The number of rotatable bonds is 6. The SMILES string of the molecule is CC(CC(=O)Nc1cc(NC(=O)CC(C)(Cl)Cl)ccc1Cl)C(F)(F)F. The molecule has 0 heterocycles. The van der Waals surface area contributed by atoms with Gasteiger partial charge in [0, 0.05) is 12.1 Å². The molecule has 0 saturated heterocycles. The van der Waals surface area contributed by atoms with Gasteiger partial charge in [0.1, 0.15) is 4.33 Å². The second-order valence-electron chi connectivity index (χ2n) is 5.68. The molecule has 10 heteroatoms. The number of amides is 2. The molecular weight excluding hydrogens is 404 g/mol. The summed E-state index contributed by atoms with van der Waals surface area (Å²) in [6.45, 7) is 2.36. The zero-order valence-electron chi connectivity index (χ0n) is 13.3. The Morgan fingerprint density at radius 3 is 2.28 bits per heavy atom. The summed E-state index contributed by atoms with van der Waals surface area (Å²) in [5.41, 5.74) is 0.365. The predicted octanol–water partition coefficient (Wildman–Crippen LogP) is 5.39. The first-order valence-electron chi connectivity index (χ1n) is 7.12. The van der Waals surface area contributed by atoms with E-state index in [1.165, 1.54) is 25.1 Å². The van der Waals surface area contributed by atoms with Crippen molar-refractivity contribution in [3.8, 4) is 0 Å². The van der Waals surface area contributed by atoms with E-state index in [0.717, 1.165) is 6.92 Å². The third-order valence-corrected chi connectivity index (χ3v) is 3.64. The number of hydrogen-bond donors (Lipinski definition) is 2. The Hall–Kier alpha value is -1.18. The first kappa shape index (κ1) is 21.9. The summed E-state index contributed by atoms with van der Waals surface area (Å²) in [5, 5.41) is 4.92. The van der Waals surface area contributed by atoms with Gasteiger partial charge in [-0.05, 0) is 25.1 Å². The number of halogens is 6. The average molecular weight is 420 g/mol. The third kappa shape index (κ3) is 8.16. The molecule has 0 aromatic heterocycles. The minimum Gasteiger partial charge on any atom is -0.326 e. The Morgan fingerprint density at radius 1 is 1.16 bits per heavy atom. The molecule has 0 saturated carbocycles. The van der Waals surface area contributed by atoms with E-state index in [4.69, 9.17) is 34.8 Å². The van der Waals surface area contributed by atoms with Gasteiger partial charge in [0.05, 0.1) is 23.0 Å². The summed E-state index contributed by atoms with van der Waals surface area (Å²) in [7, 11) is 0. The van der Waals surface area contributed by atoms with E-state index in [1.807, 2.05) is 0 Å². The van der Waals surface area contributed by atoms with E-state index in [1.54, 1.807) is 0 Å². The van der Waals surface area contributed by atoms with Crippen molar-refractivity contribution in [2.24, 2.45) is 5.92 Å². The molecule has 0 radical (unpaired) electrons. The fraction of sp³-hybridized carbons (Fsp3) is 0.467. The molecule has 1 rings (SSSR count). The summed E-state index contributed by atoms with van der Waals surface area (Å²) in [4.78, 5) is 23.5. The van der Waals surface area contributed by atoms with Gasteiger partial charge in [-0.15, -0.1) is 23.2 Å². The van der Waals surface area contributed by atoms with Crippen molar-refractivity contribution in [3.63, 3.8) is 0 Å². The van der Waals surface area contributed by atoms with Gasteiger partial charge in [-0.1, -0.05) is 18.5 Å². The van der Waals surface area contributed by atoms with Crippen molar-refractivity contribution < 1.29 is 22.8 Å². The van der Waals surface area contributed by atoms with Gasteiger partial charge < -0.3 is 10.6 Å². The summed E-state index contributed by atoms with van der Waals surface area (Å²) < 4.78 is 36.2. The van der Waals surface area contributed by atoms with Crippen LogP contribution >= 0.6 is 34.8 Å². The zero-order chi connectivity index (χ0) is 19.4. The molecule has 0 fully saturated rings.